The molecule has 0 saturated carbocycles. The molecule has 5 heteroatoms. The average Bonchev–Trinajstić information content (AvgIpc) is 2.78. The molecule has 0 radical (unpaired) electrons. The predicted molar refractivity (Wildman–Crippen MR) is 75.6 cm³/mol. The Kier molecular flexibility index (Phi) is 2.56. The maximum absolute atomic E-state index is 6.09. The molecule has 2 aromatic heterocycles. The van der Waals surface area contributed by atoms with Gasteiger partial charge in [0.1, 0.15) is 5.65 Å². The summed E-state index contributed by atoms with van der Waals surface area (Å²) in [7, 11) is -0.365. The minimum Gasteiger partial charge on any atom is -0.399 e. The number of pyridine rings is 1. The lowest BCUT2D eigenvalue weighted by molar-refractivity contribution is 0.00578. The van der Waals surface area contributed by atoms with Gasteiger partial charge in [-0.25, -0.2) is 4.98 Å². The Balaban J connectivity index is 2.07. The second-order valence-electron chi connectivity index (χ2n) is 6.14. The lowest BCUT2D eigenvalue weighted by atomic mass is 9.80. The molecular weight excluding hydrogens is 239 g/mol. The molecule has 19 heavy (non-hydrogen) atoms. The van der Waals surface area contributed by atoms with Crippen LogP contribution in [0.1, 0.15) is 33.4 Å². The van der Waals surface area contributed by atoms with E-state index < -0.39 is 0 Å². The summed E-state index contributed by atoms with van der Waals surface area (Å²) < 4.78 is 14.2. The van der Waals surface area contributed by atoms with E-state index in [2.05, 4.69) is 37.1 Å². The van der Waals surface area contributed by atoms with Gasteiger partial charge in [0, 0.05) is 23.6 Å². The van der Waals surface area contributed by atoms with Crippen LogP contribution >= 0.6 is 0 Å². The van der Waals surface area contributed by atoms with Crippen LogP contribution in [-0.2, 0) is 9.31 Å². The van der Waals surface area contributed by atoms with Crippen molar-refractivity contribution in [3.05, 3.63) is 30.2 Å². The van der Waals surface area contributed by atoms with Crippen LogP contribution < -0.4 is 5.46 Å². The second-order valence-corrected chi connectivity index (χ2v) is 6.14. The number of aryl methyl sites for hydroxylation is 1. The third-order valence-electron chi connectivity index (χ3n) is 4.26. The summed E-state index contributed by atoms with van der Waals surface area (Å²) in [6, 6.07) is 4.02. The summed E-state index contributed by atoms with van der Waals surface area (Å²) >= 11 is 0. The summed E-state index contributed by atoms with van der Waals surface area (Å²) in [6.45, 7) is 10.3. The maximum Gasteiger partial charge on any atom is 0.498 e. The van der Waals surface area contributed by atoms with E-state index in [1.165, 1.54) is 0 Å². The van der Waals surface area contributed by atoms with Crippen molar-refractivity contribution in [1.29, 1.82) is 0 Å². The Morgan fingerprint density at radius 3 is 2.42 bits per heavy atom. The van der Waals surface area contributed by atoms with Crippen molar-refractivity contribution < 1.29 is 9.31 Å². The number of hydrogen-bond acceptors (Lipinski definition) is 3. The number of nitrogens with zero attached hydrogens (tertiary/aromatic N) is 2. The molecule has 1 aliphatic rings. The van der Waals surface area contributed by atoms with Crippen molar-refractivity contribution in [3.8, 4) is 0 Å². The summed E-state index contributed by atoms with van der Waals surface area (Å²) in [6.07, 6.45) is 3.87. The Labute approximate surface area is 113 Å². The van der Waals surface area contributed by atoms with Gasteiger partial charge in [0.25, 0.3) is 0 Å². The van der Waals surface area contributed by atoms with Crippen LogP contribution in [-0.4, -0.2) is 27.7 Å². The highest BCUT2D eigenvalue weighted by Crippen LogP contribution is 2.36. The summed E-state index contributed by atoms with van der Waals surface area (Å²) in [5.41, 5.74) is 2.33. The zero-order valence-electron chi connectivity index (χ0n) is 12.1. The summed E-state index contributed by atoms with van der Waals surface area (Å²) in [5, 5.41) is 0. The molecule has 1 fully saturated rings. The Morgan fingerprint density at radius 2 is 1.79 bits per heavy atom. The minimum absolute atomic E-state index is 0.327. The topological polar surface area (TPSA) is 35.8 Å². The van der Waals surface area contributed by atoms with Gasteiger partial charge in [-0.15, -0.1) is 0 Å². The third-order valence-corrected chi connectivity index (χ3v) is 4.26. The van der Waals surface area contributed by atoms with Crippen LogP contribution in [0.5, 0.6) is 0 Å². The zero-order chi connectivity index (χ0) is 13.8. The van der Waals surface area contributed by atoms with E-state index in [1.807, 2.05) is 31.5 Å². The number of rotatable bonds is 1. The molecule has 0 unspecified atom stereocenters. The van der Waals surface area contributed by atoms with E-state index in [1.54, 1.807) is 0 Å². The highest BCUT2D eigenvalue weighted by atomic mass is 16.7. The lowest BCUT2D eigenvalue weighted by Gasteiger charge is -2.32. The Hall–Kier alpha value is -1.33. The average molecular weight is 258 g/mol. The largest absolute Gasteiger partial charge is 0.498 e. The van der Waals surface area contributed by atoms with Gasteiger partial charge in [-0.05, 0) is 40.7 Å². The maximum atomic E-state index is 6.09. The Morgan fingerprint density at radius 1 is 1.16 bits per heavy atom. The third kappa shape index (κ3) is 1.80. The normalized spacial score (nSPS) is 21.2. The van der Waals surface area contributed by atoms with Gasteiger partial charge in [0.2, 0.25) is 0 Å². The van der Waals surface area contributed by atoms with Gasteiger partial charge in [-0.3, -0.25) is 0 Å². The van der Waals surface area contributed by atoms with Crippen LogP contribution in [0.4, 0.5) is 0 Å². The van der Waals surface area contributed by atoms with E-state index in [0.29, 0.717) is 0 Å². The van der Waals surface area contributed by atoms with Crippen molar-refractivity contribution >= 4 is 18.2 Å². The number of fused-ring (bicyclic) bond motifs is 1. The van der Waals surface area contributed by atoms with E-state index in [9.17, 15) is 0 Å². The van der Waals surface area contributed by atoms with Gasteiger partial charge in [-0.1, -0.05) is 6.07 Å². The smallest absolute Gasteiger partial charge is 0.399 e. The van der Waals surface area contributed by atoms with E-state index in [4.69, 9.17) is 9.31 Å². The number of aromatic nitrogens is 2. The van der Waals surface area contributed by atoms with Crippen LogP contribution in [0.2, 0.25) is 0 Å². The van der Waals surface area contributed by atoms with Crippen molar-refractivity contribution in [1.82, 2.24) is 9.38 Å². The molecule has 0 amide bonds. The standard InChI is InChI=1S/C14H19BN2O2/c1-10-9-16-12-11(7-6-8-17(10)12)15-18-13(2,3)14(4,5)19-15/h6-9H,1-5H3. The van der Waals surface area contributed by atoms with E-state index in [0.717, 1.165) is 16.8 Å². The fourth-order valence-electron chi connectivity index (χ4n) is 2.31. The fraction of sp³-hybridized carbons (Fsp3) is 0.500. The van der Waals surface area contributed by atoms with Gasteiger partial charge in [0.15, 0.2) is 0 Å². The Bertz CT molecular complexity index is 617. The molecule has 0 aromatic carbocycles. The van der Waals surface area contributed by atoms with Gasteiger partial charge in [-0.2, -0.15) is 0 Å². The first-order valence-corrected chi connectivity index (χ1v) is 6.60. The summed E-state index contributed by atoms with van der Waals surface area (Å²) in [4.78, 5) is 4.46. The molecule has 100 valence electrons. The molecule has 0 spiro atoms. The highest BCUT2D eigenvalue weighted by molar-refractivity contribution is 6.64. The van der Waals surface area contributed by atoms with Crippen LogP contribution in [0, 0.1) is 6.92 Å². The van der Waals surface area contributed by atoms with Crippen molar-refractivity contribution in [2.75, 3.05) is 0 Å². The first kappa shape index (κ1) is 12.7. The van der Waals surface area contributed by atoms with Crippen molar-refractivity contribution in [2.24, 2.45) is 0 Å². The molecule has 4 nitrogen and oxygen atoms in total. The van der Waals surface area contributed by atoms with Crippen LogP contribution in [0.3, 0.4) is 0 Å². The molecule has 2 aromatic rings. The molecule has 3 rings (SSSR count). The summed E-state index contributed by atoms with van der Waals surface area (Å²) in [5.74, 6) is 0. The molecule has 3 heterocycles. The molecule has 0 bridgehead atoms. The number of imidazole rings is 1. The first-order chi connectivity index (χ1) is 8.82. The molecule has 0 N–H and O–H groups in total. The SMILES string of the molecule is Cc1cnc2c(B3OC(C)(C)C(C)(C)O3)cccn12. The van der Waals surface area contributed by atoms with Crippen LogP contribution in [0.25, 0.3) is 5.65 Å². The zero-order valence-corrected chi connectivity index (χ0v) is 12.1. The molecule has 1 aliphatic heterocycles. The second kappa shape index (κ2) is 3.84. The molecule has 1 saturated heterocycles. The van der Waals surface area contributed by atoms with Gasteiger partial charge < -0.3 is 13.7 Å². The van der Waals surface area contributed by atoms with E-state index >= 15 is 0 Å². The molecular formula is C14H19BN2O2. The lowest BCUT2D eigenvalue weighted by Crippen LogP contribution is -2.41. The number of hydrogen-bond donors (Lipinski definition) is 0. The minimum atomic E-state index is -0.365. The fourth-order valence-corrected chi connectivity index (χ4v) is 2.31. The quantitative estimate of drug-likeness (QED) is 0.733. The predicted octanol–water partition coefficient (Wildman–Crippen LogP) is 1.94. The molecule has 0 atom stereocenters. The van der Waals surface area contributed by atoms with Crippen molar-refractivity contribution in [2.45, 2.75) is 45.8 Å². The van der Waals surface area contributed by atoms with Gasteiger partial charge >= 0.3 is 7.12 Å². The van der Waals surface area contributed by atoms with Crippen molar-refractivity contribution in [3.63, 3.8) is 0 Å². The highest BCUT2D eigenvalue weighted by Gasteiger charge is 2.52. The van der Waals surface area contributed by atoms with Gasteiger partial charge in [0.05, 0.1) is 11.2 Å². The van der Waals surface area contributed by atoms with E-state index in [-0.39, 0.29) is 18.3 Å². The molecule has 0 aliphatic carbocycles. The first-order valence-electron chi connectivity index (χ1n) is 6.60. The monoisotopic (exact) mass is 258 g/mol. The van der Waals surface area contributed by atoms with Crippen LogP contribution in [0.15, 0.2) is 24.5 Å².